The zero-order valence-corrected chi connectivity index (χ0v) is 8.84. The Hall–Kier alpha value is -0.790. The highest BCUT2D eigenvalue weighted by molar-refractivity contribution is 8.13. The van der Waals surface area contributed by atoms with Crippen LogP contribution in [0.3, 0.4) is 0 Å². The number of thioether (sulfide) groups is 1. The van der Waals surface area contributed by atoms with Gasteiger partial charge in [0, 0.05) is 17.8 Å². The van der Waals surface area contributed by atoms with Crippen LogP contribution in [-0.2, 0) is 0 Å². The minimum atomic E-state index is 0. The fourth-order valence-corrected chi connectivity index (χ4v) is 1.48. The maximum absolute atomic E-state index is 5.40. The summed E-state index contributed by atoms with van der Waals surface area (Å²) in [5.74, 6) is 0.256. The molecule has 5 nitrogen and oxygen atoms in total. The molecule has 13 heavy (non-hydrogen) atoms. The van der Waals surface area contributed by atoms with Gasteiger partial charge in [0.2, 0.25) is 0 Å². The summed E-state index contributed by atoms with van der Waals surface area (Å²) in [6.07, 6.45) is 0. The Bertz CT molecular complexity index is 362. The maximum atomic E-state index is 5.40. The van der Waals surface area contributed by atoms with E-state index in [1.807, 2.05) is 0 Å². The number of rotatable bonds is 1. The van der Waals surface area contributed by atoms with Crippen LogP contribution in [0.25, 0.3) is 0 Å². The Morgan fingerprint density at radius 1 is 1.69 bits per heavy atom. The van der Waals surface area contributed by atoms with Crippen molar-refractivity contribution in [3.63, 3.8) is 0 Å². The monoisotopic (exact) mass is 237 g/mol. The van der Waals surface area contributed by atoms with Crippen molar-refractivity contribution >= 4 is 35.1 Å². The number of nitrogens with one attached hydrogen (secondary N) is 1. The van der Waals surface area contributed by atoms with Gasteiger partial charge in [-0.3, -0.25) is 11.1 Å². The van der Waals surface area contributed by atoms with E-state index in [4.69, 9.17) is 29.1 Å². The molecule has 0 spiro atoms. The number of aromatic amines is 1. The molecule has 0 saturated carbocycles. The van der Waals surface area contributed by atoms with Gasteiger partial charge in [0.25, 0.3) is 0 Å². The van der Waals surface area contributed by atoms with Crippen LogP contribution in [0.5, 0.6) is 0 Å². The fraction of sp³-hybridized carbons (Fsp3) is 0. The number of nitrogens with two attached hydrogens (primary N) is 3. The quantitative estimate of drug-likeness (QED) is 0.131. The van der Waals surface area contributed by atoms with Crippen LogP contribution >= 0.6 is 24.0 Å². The Morgan fingerprint density at radius 3 is 2.77 bits per heavy atom. The lowest BCUT2D eigenvalue weighted by atomic mass is 10.7. The predicted octanol–water partition coefficient (Wildman–Crippen LogP) is -4.11. The summed E-state index contributed by atoms with van der Waals surface area (Å²) >= 11 is 5.98. The van der Waals surface area contributed by atoms with Crippen LogP contribution in [0, 0.1) is 4.64 Å². The second kappa shape index (κ2) is 5.05. The average molecular weight is 238 g/mol. The van der Waals surface area contributed by atoms with Gasteiger partial charge in [-0.15, -0.1) is 0 Å². The van der Waals surface area contributed by atoms with E-state index in [-0.39, 0.29) is 23.5 Å². The molecule has 1 heterocycles. The minimum absolute atomic E-state index is 0. The maximum Gasteiger partial charge on any atom is 0.306 e. The molecule has 0 atom stereocenters. The van der Waals surface area contributed by atoms with Gasteiger partial charge < -0.3 is 23.1 Å². The number of H-pyrrole nitrogens is 1. The summed E-state index contributed by atoms with van der Waals surface area (Å²) in [7, 11) is 0. The lowest BCUT2D eigenvalue weighted by molar-refractivity contribution is -0.110. The number of nitrogens with zero attached hydrogens (tertiary/aromatic N) is 1. The number of nitrogen functional groups attached to an aromatic ring is 1. The van der Waals surface area contributed by atoms with Crippen molar-refractivity contribution in [3.05, 3.63) is 10.7 Å². The van der Waals surface area contributed by atoms with Gasteiger partial charge >= 0.3 is 5.17 Å². The molecule has 0 saturated heterocycles. The standard InChI is InChI=1S/C5H7N5S2.ClH/c6-4(7)12-3-1-2(11)9-5(8)10-3;/h1H,(H3,6,7)(H3,8,9,10,11);1H. The van der Waals surface area contributed by atoms with E-state index in [1.54, 1.807) is 6.07 Å². The van der Waals surface area contributed by atoms with Crippen molar-refractivity contribution in [2.45, 2.75) is 5.03 Å². The van der Waals surface area contributed by atoms with E-state index in [9.17, 15) is 0 Å². The predicted molar refractivity (Wildman–Crippen MR) is 50.8 cm³/mol. The lowest BCUT2D eigenvalue weighted by Crippen LogP contribution is -3.00. The second-order valence-electron chi connectivity index (χ2n) is 1.97. The highest BCUT2D eigenvalue weighted by Crippen LogP contribution is 2.13. The summed E-state index contributed by atoms with van der Waals surface area (Å²) in [5, 5.41) is 6.06. The van der Waals surface area contributed by atoms with Crippen molar-refractivity contribution in [2.75, 3.05) is 5.73 Å². The SMILES string of the molecule is NC(=[NH2+])Sc1cc(=S)[nH]c(N)n1.[Cl-]. The van der Waals surface area contributed by atoms with E-state index in [0.717, 1.165) is 11.8 Å². The fourth-order valence-electron chi connectivity index (χ4n) is 0.626. The average Bonchev–Trinajstić information content (AvgIpc) is 1.81. The third-order valence-electron chi connectivity index (χ3n) is 0.959. The Balaban J connectivity index is 0.00000144. The molecule has 0 radical (unpaired) electrons. The van der Waals surface area contributed by atoms with Crippen molar-refractivity contribution < 1.29 is 17.8 Å². The molecule has 0 aromatic carbocycles. The Labute approximate surface area is 90.2 Å². The number of halogens is 1. The van der Waals surface area contributed by atoms with Crippen LogP contribution in [0.4, 0.5) is 5.95 Å². The van der Waals surface area contributed by atoms with Gasteiger partial charge in [0.15, 0.2) is 5.95 Å². The molecule has 0 aliphatic rings. The van der Waals surface area contributed by atoms with Crippen molar-refractivity contribution in [1.29, 1.82) is 0 Å². The first-order chi connectivity index (χ1) is 5.58. The number of hydrogen-bond donors (Lipinski definition) is 4. The first-order valence-electron chi connectivity index (χ1n) is 3.00. The summed E-state index contributed by atoms with van der Waals surface area (Å²) < 4.78 is 0.506. The van der Waals surface area contributed by atoms with Crippen LogP contribution in [0.2, 0.25) is 0 Å². The summed E-state index contributed by atoms with van der Waals surface area (Å²) in [4.78, 5) is 6.57. The second-order valence-corrected chi connectivity index (χ2v) is 3.51. The van der Waals surface area contributed by atoms with E-state index >= 15 is 0 Å². The molecule has 1 aromatic heterocycles. The number of amidine groups is 1. The molecule has 0 amide bonds. The molecule has 0 unspecified atom stereocenters. The molecular formula is C5H8ClN5S2. The van der Waals surface area contributed by atoms with Gasteiger partial charge in [-0.1, -0.05) is 12.2 Å². The minimum Gasteiger partial charge on any atom is -1.00 e. The number of hydrogen-bond acceptors (Lipinski definition) is 4. The highest BCUT2D eigenvalue weighted by atomic mass is 35.5. The van der Waals surface area contributed by atoms with Crippen LogP contribution < -0.4 is 29.3 Å². The van der Waals surface area contributed by atoms with E-state index in [1.165, 1.54) is 0 Å². The van der Waals surface area contributed by atoms with Crippen molar-refractivity contribution in [2.24, 2.45) is 5.73 Å². The topological polar surface area (TPSA) is 106 Å². The first-order valence-corrected chi connectivity index (χ1v) is 4.23. The van der Waals surface area contributed by atoms with Crippen LogP contribution in [0.1, 0.15) is 0 Å². The summed E-state index contributed by atoms with van der Waals surface area (Å²) in [6, 6.07) is 1.64. The van der Waals surface area contributed by atoms with Crippen molar-refractivity contribution in [3.8, 4) is 0 Å². The van der Waals surface area contributed by atoms with Crippen molar-refractivity contribution in [1.82, 2.24) is 9.97 Å². The molecule has 1 rings (SSSR count). The van der Waals surface area contributed by atoms with E-state index < -0.39 is 0 Å². The molecule has 0 bridgehead atoms. The molecule has 7 N–H and O–H groups in total. The zero-order valence-electron chi connectivity index (χ0n) is 6.45. The smallest absolute Gasteiger partial charge is 0.306 e. The third kappa shape index (κ3) is 4.11. The van der Waals surface area contributed by atoms with Gasteiger partial charge in [-0.05, 0) is 0 Å². The van der Waals surface area contributed by atoms with Gasteiger partial charge in [-0.25, -0.2) is 4.98 Å². The Kier molecular flexibility index (Phi) is 4.74. The van der Waals surface area contributed by atoms with E-state index in [0.29, 0.717) is 9.67 Å². The highest BCUT2D eigenvalue weighted by Gasteiger charge is 2.02. The number of anilines is 1. The van der Waals surface area contributed by atoms with Gasteiger partial charge in [-0.2, -0.15) is 0 Å². The van der Waals surface area contributed by atoms with Gasteiger partial charge in [0.05, 0.1) is 0 Å². The zero-order chi connectivity index (χ0) is 9.14. The molecule has 1 aromatic rings. The third-order valence-corrected chi connectivity index (χ3v) is 1.83. The summed E-state index contributed by atoms with van der Waals surface area (Å²) in [6.45, 7) is 0. The van der Waals surface area contributed by atoms with Crippen LogP contribution in [-0.4, -0.2) is 15.1 Å². The molecule has 0 fully saturated rings. The normalized spacial score (nSPS) is 8.92. The largest absolute Gasteiger partial charge is 1.00 e. The molecule has 8 heteroatoms. The lowest BCUT2D eigenvalue weighted by Gasteiger charge is -1.96. The molecular weight excluding hydrogens is 230 g/mol. The first kappa shape index (κ1) is 12.2. The van der Waals surface area contributed by atoms with Gasteiger partial charge in [0.1, 0.15) is 9.67 Å². The molecule has 0 aliphatic heterocycles. The number of aromatic nitrogens is 2. The van der Waals surface area contributed by atoms with Crippen LogP contribution in [0.15, 0.2) is 11.1 Å². The molecule has 0 aliphatic carbocycles. The Morgan fingerprint density at radius 2 is 2.31 bits per heavy atom. The summed E-state index contributed by atoms with van der Waals surface area (Å²) in [5.41, 5.74) is 10.7. The molecule has 72 valence electrons. The van der Waals surface area contributed by atoms with E-state index in [2.05, 4.69) is 9.97 Å².